The number of nitrogens with one attached hydrogen (secondary N) is 2. The number of thiophene rings is 1. The minimum atomic E-state index is -0.261. The number of urea groups is 1. The Balaban J connectivity index is 2.07. The van der Waals surface area contributed by atoms with Crippen LogP contribution < -0.4 is 10.6 Å². The van der Waals surface area contributed by atoms with Crippen molar-refractivity contribution in [2.24, 2.45) is 5.92 Å². The van der Waals surface area contributed by atoms with Crippen LogP contribution in [-0.2, 0) is 4.79 Å². The SMILES string of the molecule is CNC(=O)[C@@H](C)CN(C)C(=O)Nc1ccccc1-c1cccs1. The summed E-state index contributed by atoms with van der Waals surface area (Å²) in [6.07, 6.45) is 0. The maximum absolute atomic E-state index is 12.4. The van der Waals surface area contributed by atoms with Crippen LogP contribution in [0.2, 0.25) is 0 Å². The van der Waals surface area contributed by atoms with Crippen molar-refractivity contribution < 1.29 is 9.59 Å². The van der Waals surface area contributed by atoms with Gasteiger partial charge in [0.1, 0.15) is 0 Å². The Hall–Kier alpha value is -2.34. The van der Waals surface area contributed by atoms with Gasteiger partial charge in [0, 0.05) is 31.1 Å². The van der Waals surface area contributed by atoms with Crippen LogP contribution in [0.25, 0.3) is 10.4 Å². The monoisotopic (exact) mass is 331 g/mol. The highest BCUT2D eigenvalue weighted by atomic mass is 32.1. The number of anilines is 1. The zero-order valence-corrected chi connectivity index (χ0v) is 14.3. The summed E-state index contributed by atoms with van der Waals surface area (Å²) in [6, 6.07) is 11.5. The number of hydrogen-bond donors (Lipinski definition) is 2. The summed E-state index contributed by atoms with van der Waals surface area (Å²) in [4.78, 5) is 26.6. The zero-order chi connectivity index (χ0) is 16.8. The first-order chi connectivity index (χ1) is 11.0. The van der Waals surface area contributed by atoms with Crippen molar-refractivity contribution >= 4 is 29.0 Å². The summed E-state index contributed by atoms with van der Waals surface area (Å²) in [5.74, 6) is -0.341. The lowest BCUT2D eigenvalue weighted by Crippen LogP contribution is -2.39. The molecule has 2 rings (SSSR count). The Labute approximate surface area is 140 Å². The number of amides is 3. The molecule has 0 saturated carbocycles. The maximum Gasteiger partial charge on any atom is 0.321 e. The third-order valence-electron chi connectivity index (χ3n) is 3.54. The van der Waals surface area contributed by atoms with E-state index in [4.69, 9.17) is 0 Å². The van der Waals surface area contributed by atoms with E-state index in [9.17, 15) is 9.59 Å². The van der Waals surface area contributed by atoms with E-state index in [1.165, 1.54) is 4.90 Å². The van der Waals surface area contributed by atoms with Crippen molar-refractivity contribution in [3.63, 3.8) is 0 Å². The van der Waals surface area contributed by atoms with Gasteiger partial charge in [0.25, 0.3) is 0 Å². The number of nitrogens with zero attached hydrogens (tertiary/aromatic N) is 1. The van der Waals surface area contributed by atoms with E-state index in [-0.39, 0.29) is 17.9 Å². The van der Waals surface area contributed by atoms with Gasteiger partial charge in [-0.1, -0.05) is 31.2 Å². The Kier molecular flexibility index (Phi) is 5.76. The van der Waals surface area contributed by atoms with Crippen molar-refractivity contribution in [1.29, 1.82) is 0 Å². The van der Waals surface area contributed by atoms with Crippen LogP contribution in [0.15, 0.2) is 41.8 Å². The lowest BCUT2D eigenvalue weighted by Gasteiger charge is -2.22. The Morgan fingerprint density at radius 2 is 1.96 bits per heavy atom. The Bertz CT molecular complexity index is 670. The topological polar surface area (TPSA) is 61.4 Å². The summed E-state index contributed by atoms with van der Waals surface area (Å²) in [7, 11) is 3.28. The smallest absolute Gasteiger partial charge is 0.321 e. The van der Waals surface area contributed by atoms with Gasteiger partial charge in [0.15, 0.2) is 0 Å². The van der Waals surface area contributed by atoms with Crippen molar-refractivity contribution in [1.82, 2.24) is 10.2 Å². The quantitative estimate of drug-likeness (QED) is 0.883. The van der Waals surface area contributed by atoms with E-state index < -0.39 is 0 Å². The first-order valence-electron chi connectivity index (χ1n) is 7.39. The Morgan fingerprint density at radius 1 is 1.22 bits per heavy atom. The summed E-state index contributed by atoms with van der Waals surface area (Å²) < 4.78 is 0. The molecule has 0 fully saturated rings. The normalized spacial score (nSPS) is 11.6. The van der Waals surface area contributed by atoms with Gasteiger partial charge in [0.2, 0.25) is 5.91 Å². The highest BCUT2D eigenvalue weighted by Gasteiger charge is 2.18. The number of rotatable bonds is 5. The average Bonchev–Trinajstić information content (AvgIpc) is 3.08. The molecule has 2 aromatic rings. The molecule has 0 bridgehead atoms. The van der Waals surface area contributed by atoms with Crippen molar-refractivity contribution in [2.75, 3.05) is 26.0 Å². The fraction of sp³-hybridized carbons (Fsp3) is 0.294. The van der Waals surface area contributed by atoms with Crippen LogP contribution in [0.5, 0.6) is 0 Å². The third kappa shape index (κ3) is 4.32. The fourth-order valence-corrected chi connectivity index (χ4v) is 3.04. The van der Waals surface area contributed by atoms with Gasteiger partial charge in [-0.15, -0.1) is 11.3 Å². The van der Waals surface area contributed by atoms with Gasteiger partial charge in [-0.05, 0) is 17.5 Å². The maximum atomic E-state index is 12.4. The molecule has 0 spiro atoms. The van der Waals surface area contributed by atoms with Crippen molar-refractivity contribution in [3.05, 3.63) is 41.8 Å². The van der Waals surface area contributed by atoms with Gasteiger partial charge in [0.05, 0.1) is 11.6 Å². The van der Waals surface area contributed by atoms with Crippen molar-refractivity contribution in [2.45, 2.75) is 6.92 Å². The second-order valence-corrected chi connectivity index (χ2v) is 6.30. The molecule has 0 saturated heterocycles. The van der Waals surface area contributed by atoms with Crippen LogP contribution in [0, 0.1) is 5.92 Å². The van der Waals surface area contributed by atoms with Gasteiger partial charge < -0.3 is 15.5 Å². The van der Waals surface area contributed by atoms with Crippen LogP contribution >= 0.6 is 11.3 Å². The van der Waals surface area contributed by atoms with Crippen LogP contribution in [0.1, 0.15) is 6.92 Å². The number of carbonyl (C=O) groups is 2. The van der Waals surface area contributed by atoms with Gasteiger partial charge in [-0.3, -0.25) is 4.79 Å². The molecule has 5 nitrogen and oxygen atoms in total. The second kappa shape index (κ2) is 7.78. The molecule has 1 heterocycles. The highest BCUT2D eigenvalue weighted by molar-refractivity contribution is 7.13. The molecule has 2 N–H and O–H groups in total. The van der Waals surface area contributed by atoms with E-state index in [0.29, 0.717) is 6.54 Å². The minimum absolute atomic E-state index is 0.0800. The summed E-state index contributed by atoms with van der Waals surface area (Å²) >= 11 is 1.63. The molecule has 1 aromatic carbocycles. The van der Waals surface area contributed by atoms with E-state index in [1.54, 1.807) is 32.4 Å². The zero-order valence-electron chi connectivity index (χ0n) is 13.5. The molecule has 122 valence electrons. The summed E-state index contributed by atoms with van der Waals surface area (Å²) in [5.41, 5.74) is 1.75. The largest absolute Gasteiger partial charge is 0.359 e. The lowest BCUT2D eigenvalue weighted by atomic mass is 10.1. The minimum Gasteiger partial charge on any atom is -0.359 e. The second-order valence-electron chi connectivity index (χ2n) is 5.35. The lowest BCUT2D eigenvalue weighted by molar-refractivity contribution is -0.124. The van der Waals surface area contributed by atoms with Crippen LogP contribution in [-0.4, -0.2) is 37.5 Å². The molecular formula is C17H21N3O2S. The van der Waals surface area contributed by atoms with Gasteiger partial charge >= 0.3 is 6.03 Å². The molecular weight excluding hydrogens is 310 g/mol. The molecule has 1 aromatic heterocycles. The molecule has 0 unspecified atom stereocenters. The fourth-order valence-electron chi connectivity index (χ4n) is 2.27. The number of benzene rings is 1. The number of hydrogen-bond acceptors (Lipinski definition) is 3. The molecule has 0 aliphatic rings. The van der Waals surface area contributed by atoms with E-state index in [1.807, 2.05) is 41.8 Å². The highest BCUT2D eigenvalue weighted by Crippen LogP contribution is 2.31. The molecule has 23 heavy (non-hydrogen) atoms. The molecule has 0 aliphatic heterocycles. The summed E-state index contributed by atoms with van der Waals surface area (Å²) in [5, 5.41) is 7.52. The number of carbonyl (C=O) groups excluding carboxylic acids is 2. The van der Waals surface area contributed by atoms with Crippen molar-refractivity contribution in [3.8, 4) is 10.4 Å². The van der Waals surface area contributed by atoms with Gasteiger partial charge in [-0.2, -0.15) is 0 Å². The molecule has 1 atom stereocenters. The predicted octanol–water partition coefficient (Wildman–Crippen LogP) is 3.26. The third-order valence-corrected chi connectivity index (χ3v) is 4.45. The molecule has 6 heteroatoms. The molecule has 3 amide bonds. The van der Waals surface area contributed by atoms with E-state index in [2.05, 4.69) is 10.6 Å². The average molecular weight is 331 g/mol. The Morgan fingerprint density at radius 3 is 2.61 bits per heavy atom. The van der Waals surface area contributed by atoms with Crippen LogP contribution in [0.4, 0.5) is 10.5 Å². The standard InChI is InChI=1S/C17H21N3O2S/c1-12(16(21)18-2)11-20(3)17(22)19-14-8-5-4-7-13(14)15-9-6-10-23-15/h4-10,12H,11H2,1-3H3,(H,18,21)(H,19,22)/t12-/m0/s1. The van der Waals surface area contributed by atoms with Crippen LogP contribution in [0.3, 0.4) is 0 Å². The predicted molar refractivity (Wildman–Crippen MR) is 94.6 cm³/mol. The first kappa shape index (κ1) is 17.0. The van der Waals surface area contributed by atoms with Gasteiger partial charge in [-0.25, -0.2) is 4.79 Å². The van der Waals surface area contributed by atoms with E-state index >= 15 is 0 Å². The summed E-state index contributed by atoms with van der Waals surface area (Å²) in [6.45, 7) is 2.15. The van der Waals surface area contributed by atoms with E-state index in [0.717, 1.165) is 16.1 Å². The molecule has 0 aliphatic carbocycles. The first-order valence-corrected chi connectivity index (χ1v) is 8.27. The number of para-hydroxylation sites is 1. The molecule has 0 radical (unpaired) electrons.